The standard InChI is InChI=1S/C27H24ClN5O3/c1-16-23(26(34)30-18-9-5-4-6-10-18)24(17-13-14-21(35-2)22(15-17)36-3)33-27(29-16)31-25(32-33)19-11-7-8-12-20(19)28/h4-15,23-24H,1-3H3,(H,30,34). The lowest BCUT2D eigenvalue weighted by Crippen LogP contribution is -2.39. The first-order valence-electron chi connectivity index (χ1n) is 11.3. The van der Waals surface area contributed by atoms with E-state index in [-0.39, 0.29) is 5.91 Å². The van der Waals surface area contributed by atoms with E-state index in [0.717, 1.165) is 5.56 Å². The fourth-order valence-corrected chi connectivity index (χ4v) is 4.60. The van der Waals surface area contributed by atoms with Gasteiger partial charge in [0.15, 0.2) is 17.3 Å². The molecule has 4 aromatic rings. The molecule has 0 spiro atoms. The summed E-state index contributed by atoms with van der Waals surface area (Å²) in [4.78, 5) is 23.0. The Morgan fingerprint density at radius 2 is 1.69 bits per heavy atom. The van der Waals surface area contributed by atoms with Crippen molar-refractivity contribution in [2.24, 2.45) is 10.9 Å². The molecule has 2 heterocycles. The van der Waals surface area contributed by atoms with Crippen LogP contribution in [-0.4, -0.2) is 40.6 Å². The number of nitrogens with one attached hydrogen (secondary N) is 1. The monoisotopic (exact) mass is 501 g/mol. The van der Waals surface area contributed by atoms with Crippen molar-refractivity contribution in [1.29, 1.82) is 0 Å². The number of rotatable bonds is 6. The van der Waals surface area contributed by atoms with E-state index in [4.69, 9.17) is 26.2 Å². The molecule has 0 saturated heterocycles. The largest absolute Gasteiger partial charge is 0.493 e. The van der Waals surface area contributed by atoms with E-state index in [1.165, 1.54) is 0 Å². The van der Waals surface area contributed by atoms with Crippen molar-refractivity contribution < 1.29 is 14.3 Å². The van der Waals surface area contributed by atoms with Gasteiger partial charge in [-0.3, -0.25) is 4.79 Å². The number of aliphatic imine (C=N–C) groups is 1. The second-order valence-corrected chi connectivity index (χ2v) is 8.71. The van der Waals surface area contributed by atoms with Crippen LogP contribution >= 0.6 is 11.6 Å². The van der Waals surface area contributed by atoms with Gasteiger partial charge in [-0.05, 0) is 48.9 Å². The summed E-state index contributed by atoms with van der Waals surface area (Å²) < 4.78 is 12.6. The van der Waals surface area contributed by atoms with Gasteiger partial charge in [0.2, 0.25) is 11.9 Å². The molecule has 5 rings (SSSR count). The van der Waals surface area contributed by atoms with Crippen molar-refractivity contribution in [3.63, 3.8) is 0 Å². The molecule has 1 aliphatic rings. The van der Waals surface area contributed by atoms with Crippen LogP contribution in [0.4, 0.5) is 11.6 Å². The average molecular weight is 502 g/mol. The number of benzene rings is 3. The number of nitrogens with zero attached hydrogens (tertiary/aromatic N) is 4. The van der Waals surface area contributed by atoms with Crippen LogP contribution in [0.2, 0.25) is 5.02 Å². The van der Waals surface area contributed by atoms with Gasteiger partial charge in [0.1, 0.15) is 5.92 Å². The number of methoxy groups -OCH3 is 2. The third-order valence-corrected chi connectivity index (χ3v) is 6.44. The zero-order chi connectivity index (χ0) is 25.2. The molecule has 36 heavy (non-hydrogen) atoms. The number of carbonyl (C=O) groups excluding carboxylic acids is 1. The number of hydrogen-bond donors (Lipinski definition) is 1. The summed E-state index contributed by atoms with van der Waals surface area (Å²) in [5.74, 6) is 1.10. The van der Waals surface area contributed by atoms with Crippen molar-refractivity contribution in [2.45, 2.75) is 13.0 Å². The molecule has 2 atom stereocenters. The molecule has 3 aromatic carbocycles. The van der Waals surface area contributed by atoms with Crippen molar-refractivity contribution >= 4 is 34.9 Å². The number of hydrogen-bond acceptors (Lipinski definition) is 6. The summed E-state index contributed by atoms with van der Waals surface area (Å²) in [6.07, 6.45) is 0. The van der Waals surface area contributed by atoms with Gasteiger partial charge >= 0.3 is 0 Å². The molecule has 1 aromatic heterocycles. The Morgan fingerprint density at radius 3 is 2.42 bits per heavy atom. The van der Waals surface area contributed by atoms with Gasteiger partial charge < -0.3 is 14.8 Å². The number of aromatic nitrogens is 3. The summed E-state index contributed by atoms with van der Waals surface area (Å²) in [6, 6.07) is 21.7. The Kier molecular flexibility index (Phi) is 6.43. The number of halogens is 1. The summed E-state index contributed by atoms with van der Waals surface area (Å²) in [7, 11) is 3.15. The van der Waals surface area contributed by atoms with E-state index in [9.17, 15) is 4.79 Å². The highest BCUT2D eigenvalue weighted by Gasteiger charge is 2.40. The maximum absolute atomic E-state index is 13.6. The average Bonchev–Trinajstić information content (AvgIpc) is 3.31. The van der Waals surface area contributed by atoms with Gasteiger partial charge in [0.05, 0.1) is 25.3 Å². The number of anilines is 1. The molecule has 1 amide bonds. The van der Waals surface area contributed by atoms with Gasteiger partial charge in [-0.25, -0.2) is 9.67 Å². The van der Waals surface area contributed by atoms with Crippen molar-refractivity contribution in [1.82, 2.24) is 14.8 Å². The van der Waals surface area contributed by atoms with Crippen LogP contribution < -0.4 is 14.8 Å². The molecule has 1 N–H and O–H groups in total. The van der Waals surface area contributed by atoms with E-state index < -0.39 is 12.0 Å². The van der Waals surface area contributed by atoms with Crippen molar-refractivity contribution in [2.75, 3.05) is 19.5 Å². The molecule has 0 radical (unpaired) electrons. The van der Waals surface area contributed by atoms with Gasteiger partial charge in [-0.2, -0.15) is 4.98 Å². The SMILES string of the molecule is COc1ccc(C2C(C(=O)Nc3ccccc3)C(C)=Nc3nc(-c4ccccc4Cl)nn32)cc1OC. The number of fused-ring (bicyclic) bond motifs is 1. The van der Waals surface area contributed by atoms with Crippen LogP contribution in [0, 0.1) is 5.92 Å². The van der Waals surface area contributed by atoms with Gasteiger partial charge in [0.25, 0.3) is 0 Å². The minimum absolute atomic E-state index is 0.206. The summed E-state index contributed by atoms with van der Waals surface area (Å²) >= 11 is 6.43. The topological polar surface area (TPSA) is 90.6 Å². The highest BCUT2D eigenvalue weighted by molar-refractivity contribution is 6.33. The second-order valence-electron chi connectivity index (χ2n) is 8.31. The Labute approximate surface area is 213 Å². The van der Waals surface area contributed by atoms with Crippen molar-refractivity contribution in [3.8, 4) is 22.9 Å². The summed E-state index contributed by atoms with van der Waals surface area (Å²) in [5, 5.41) is 8.32. The fourth-order valence-electron chi connectivity index (χ4n) is 4.38. The Morgan fingerprint density at radius 1 is 0.972 bits per heavy atom. The number of para-hydroxylation sites is 1. The van der Waals surface area contributed by atoms with Crippen LogP contribution in [0.3, 0.4) is 0 Å². The van der Waals surface area contributed by atoms with E-state index >= 15 is 0 Å². The van der Waals surface area contributed by atoms with Gasteiger partial charge in [-0.1, -0.05) is 48.0 Å². The Bertz CT molecular complexity index is 1450. The third-order valence-electron chi connectivity index (χ3n) is 6.11. The van der Waals surface area contributed by atoms with Crippen LogP contribution in [-0.2, 0) is 4.79 Å². The summed E-state index contributed by atoms with van der Waals surface area (Å²) in [5.41, 5.74) is 2.80. The first-order chi connectivity index (χ1) is 17.5. The highest BCUT2D eigenvalue weighted by atomic mass is 35.5. The first-order valence-corrected chi connectivity index (χ1v) is 11.7. The molecule has 9 heteroatoms. The van der Waals surface area contributed by atoms with E-state index in [0.29, 0.717) is 45.3 Å². The predicted octanol–water partition coefficient (Wildman–Crippen LogP) is 5.57. The quantitative estimate of drug-likeness (QED) is 0.373. The number of carbonyl (C=O) groups is 1. The lowest BCUT2D eigenvalue weighted by molar-refractivity contribution is -0.118. The van der Waals surface area contributed by atoms with Crippen LogP contribution in [0.1, 0.15) is 18.5 Å². The summed E-state index contributed by atoms with van der Waals surface area (Å²) in [6.45, 7) is 1.83. The van der Waals surface area contributed by atoms with E-state index in [1.54, 1.807) is 25.0 Å². The molecule has 0 aliphatic carbocycles. The normalized spacial score (nSPS) is 16.6. The van der Waals surface area contributed by atoms with Crippen LogP contribution in [0.15, 0.2) is 77.8 Å². The molecule has 0 fully saturated rings. The fraction of sp³-hybridized carbons (Fsp3) is 0.185. The molecule has 182 valence electrons. The minimum atomic E-state index is -0.656. The van der Waals surface area contributed by atoms with E-state index in [2.05, 4.69) is 15.3 Å². The Balaban J connectivity index is 1.64. The predicted molar refractivity (Wildman–Crippen MR) is 139 cm³/mol. The number of amides is 1. The molecule has 0 saturated carbocycles. The molecular formula is C27H24ClN5O3. The molecule has 1 aliphatic heterocycles. The van der Waals surface area contributed by atoms with Crippen molar-refractivity contribution in [3.05, 3.63) is 83.4 Å². The molecule has 8 nitrogen and oxygen atoms in total. The lowest BCUT2D eigenvalue weighted by atomic mass is 9.87. The zero-order valence-electron chi connectivity index (χ0n) is 20.0. The van der Waals surface area contributed by atoms with E-state index in [1.807, 2.05) is 73.7 Å². The van der Waals surface area contributed by atoms with Crippen LogP contribution in [0.5, 0.6) is 11.5 Å². The maximum atomic E-state index is 13.6. The molecule has 2 unspecified atom stereocenters. The Hall–Kier alpha value is -4.17. The minimum Gasteiger partial charge on any atom is -0.493 e. The zero-order valence-corrected chi connectivity index (χ0v) is 20.7. The first kappa shape index (κ1) is 23.6. The highest BCUT2D eigenvalue weighted by Crippen LogP contribution is 2.40. The smallest absolute Gasteiger partial charge is 0.248 e. The second kappa shape index (κ2) is 9.83. The maximum Gasteiger partial charge on any atom is 0.248 e. The number of ether oxygens (including phenoxy) is 2. The van der Waals surface area contributed by atoms with Crippen LogP contribution in [0.25, 0.3) is 11.4 Å². The third kappa shape index (κ3) is 4.31. The molecule has 0 bridgehead atoms. The van der Waals surface area contributed by atoms with Gasteiger partial charge in [0, 0.05) is 17.0 Å². The molecular weight excluding hydrogens is 478 g/mol. The lowest BCUT2D eigenvalue weighted by Gasteiger charge is -2.30. The van der Waals surface area contributed by atoms with Gasteiger partial charge in [-0.15, -0.1) is 5.10 Å².